The van der Waals surface area contributed by atoms with E-state index in [1.807, 2.05) is 12.3 Å². The molecule has 1 aliphatic carbocycles. The van der Waals surface area contributed by atoms with Crippen molar-refractivity contribution in [2.45, 2.75) is 38.1 Å². The van der Waals surface area contributed by atoms with Crippen LogP contribution in [0.2, 0.25) is 0 Å². The fourth-order valence-corrected chi connectivity index (χ4v) is 3.08. The normalized spacial score (nSPS) is 17.9. The Labute approximate surface area is 104 Å². The topological polar surface area (TPSA) is 66.4 Å². The van der Waals surface area contributed by atoms with E-state index in [-0.39, 0.29) is 5.91 Å². The molecule has 1 amide bonds. The third kappa shape index (κ3) is 2.20. The lowest BCUT2D eigenvalue weighted by Gasteiger charge is -2.25. The molecule has 0 saturated heterocycles. The molecule has 0 radical (unpaired) electrons. The first kappa shape index (κ1) is 12.1. The number of hydrogen-bond donors (Lipinski definition) is 2. The van der Waals surface area contributed by atoms with E-state index in [0.29, 0.717) is 18.4 Å². The van der Waals surface area contributed by atoms with Gasteiger partial charge in [-0.1, -0.05) is 12.8 Å². The molecule has 0 aromatic carbocycles. The molecule has 0 bridgehead atoms. The summed E-state index contributed by atoms with van der Waals surface area (Å²) in [4.78, 5) is 23.3. The zero-order chi connectivity index (χ0) is 12.5. The first-order chi connectivity index (χ1) is 8.05. The maximum atomic E-state index is 12.0. The van der Waals surface area contributed by atoms with Crippen LogP contribution in [-0.4, -0.2) is 22.5 Å². The van der Waals surface area contributed by atoms with Crippen molar-refractivity contribution in [3.8, 4) is 0 Å². The minimum atomic E-state index is -1.05. The summed E-state index contributed by atoms with van der Waals surface area (Å²) in [6, 6.07) is 0. The van der Waals surface area contributed by atoms with Crippen LogP contribution in [0.3, 0.4) is 0 Å². The Bertz CT molecular complexity index is 446. The number of rotatable bonds is 3. The minimum absolute atomic E-state index is 0.270. The zero-order valence-electron chi connectivity index (χ0n) is 9.66. The first-order valence-electron chi connectivity index (χ1n) is 5.64. The Morgan fingerprint density at radius 3 is 2.47 bits per heavy atom. The van der Waals surface area contributed by atoms with Crippen LogP contribution in [0.25, 0.3) is 0 Å². The predicted molar refractivity (Wildman–Crippen MR) is 65.4 cm³/mol. The first-order valence-corrected chi connectivity index (χ1v) is 6.58. The molecule has 0 spiro atoms. The number of carbonyl (C=O) groups is 2. The van der Waals surface area contributed by atoms with Gasteiger partial charge in [0.15, 0.2) is 0 Å². The van der Waals surface area contributed by atoms with Gasteiger partial charge in [0.05, 0.1) is 5.56 Å². The SMILES string of the molecule is Cc1cscc1C(=O)NC1(C(=O)O)CCCC1. The molecule has 2 rings (SSSR count). The molecule has 1 heterocycles. The van der Waals surface area contributed by atoms with Crippen LogP contribution in [0.15, 0.2) is 10.8 Å². The van der Waals surface area contributed by atoms with Crippen molar-refractivity contribution in [1.82, 2.24) is 5.32 Å². The molecule has 17 heavy (non-hydrogen) atoms. The van der Waals surface area contributed by atoms with Crippen LogP contribution < -0.4 is 5.32 Å². The monoisotopic (exact) mass is 253 g/mol. The number of nitrogens with one attached hydrogen (secondary N) is 1. The van der Waals surface area contributed by atoms with Crippen LogP contribution in [0.5, 0.6) is 0 Å². The third-order valence-corrected chi connectivity index (χ3v) is 4.18. The van der Waals surface area contributed by atoms with Gasteiger partial charge in [-0.3, -0.25) is 4.79 Å². The van der Waals surface area contributed by atoms with Gasteiger partial charge in [0.25, 0.3) is 5.91 Å². The van der Waals surface area contributed by atoms with Crippen molar-refractivity contribution in [3.63, 3.8) is 0 Å². The van der Waals surface area contributed by atoms with Gasteiger partial charge < -0.3 is 10.4 Å². The molecular weight excluding hydrogens is 238 g/mol. The Morgan fingerprint density at radius 2 is 2.00 bits per heavy atom. The summed E-state index contributed by atoms with van der Waals surface area (Å²) in [6.45, 7) is 1.85. The highest BCUT2D eigenvalue weighted by atomic mass is 32.1. The molecule has 1 aliphatic rings. The molecule has 0 aliphatic heterocycles. The number of hydrogen-bond acceptors (Lipinski definition) is 3. The average molecular weight is 253 g/mol. The van der Waals surface area contributed by atoms with Gasteiger partial charge in [-0.2, -0.15) is 11.3 Å². The molecule has 2 N–H and O–H groups in total. The molecule has 1 saturated carbocycles. The Morgan fingerprint density at radius 1 is 1.35 bits per heavy atom. The second-order valence-electron chi connectivity index (χ2n) is 4.52. The van der Waals surface area contributed by atoms with Crippen molar-refractivity contribution in [1.29, 1.82) is 0 Å². The van der Waals surface area contributed by atoms with E-state index in [1.165, 1.54) is 11.3 Å². The number of aliphatic carboxylic acids is 1. The number of aryl methyl sites for hydroxylation is 1. The van der Waals surface area contributed by atoms with E-state index >= 15 is 0 Å². The largest absolute Gasteiger partial charge is 0.480 e. The second-order valence-corrected chi connectivity index (χ2v) is 5.26. The molecule has 1 aromatic heterocycles. The average Bonchev–Trinajstić information content (AvgIpc) is 2.87. The maximum absolute atomic E-state index is 12.0. The van der Waals surface area contributed by atoms with Gasteiger partial charge in [-0.05, 0) is 30.7 Å². The summed E-state index contributed by atoms with van der Waals surface area (Å²) in [6.07, 6.45) is 2.76. The zero-order valence-corrected chi connectivity index (χ0v) is 10.5. The van der Waals surface area contributed by atoms with Crippen molar-refractivity contribution >= 4 is 23.2 Å². The predicted octanol–water partition coefficient (Wildman–Crippen LogP) is 2.18. The number of amides is 1. The number of thiophene rings is 1. The lowest BCUT2D eigenvalue weighted by atomic mass is 9.97. The van der Waals surface area contributed by atoms with Crippen molar-refractivity contribution in [2.75, 3.05) is 0 Å². The third-order valence-electron chi connectivity index (χ3n) is 3.32. The van der Waals surface area contributed by atoms with E-state index in [1.54, 1.807) is 5.38 Å². The van der Waals surface area contributed by atoms with Gasteiger partial charge >= 0.3 is 5.97 Å². The summed E-state index contributed by atoms with van der Waals surface area (Å²) < 4.78 is 0. The Kier molecular flexibility index (Phi) is 3.19. The maximum Gasteiger partial charge on any atom is 0.329 e. The Balaban J connectivity index is 2.17. The summed E-state index contributed by atoms with van der Waals surface area (Å²) in [5, 5.41) is 15.6. The van der Waals surface area contributed by atoms with Crippen molar-refractivity contribution in [2.24, 2.45) is 0 Å². The van der Waals surface area contributed by atoms with Crippen molar-refractivity contribution < 1.29 is 14.7 Å². The minimum Gasteiger partial charge on any atom is -0.480 e. The van der Waals surface area contributed by atoms with Gasteiger partial charge in [0.1, 0.15) is 5.54 Å². The van der Waals surface area contributed by atoms with E-state index < -0.39 is 11.5 Å². The molecule has 92 valence electrons. The van der Waals surface area contributed by atoms with Crippen LogP contribution in [0.4, 0.5) is 0 Å². The van der Waals surface area contributed by atoms with Gasteiger partial charge in [-0.25, -0.2) is 4.79 Å². The molecular formula is C12H15NO3S. The van der Waals surface area contributed by atoms with E-state index in [9.17, 15) is 14.7 Å². The fraction of sp³-hybridized carbons (Fsp3) is 0.500. The lowest BCUT2D eigenvalue weighted by molar-refractivity contribution is -0.144. The van der Waals surface area contributed by atoms with Gasteiger partial charge in [0.2, 0.25) is 0 Å². The molecule has 5 heteroatoms. The van der Waals surface area contributed by atoms with Crippen LogP contribution in [-0.2, 0) is 4.79 Å². The fourth-order valence-electron chi connectivity index (χ4n) is 2.25. The highest BCUT2D eigenvalue weighted by Crippen LogP contribution is 2.30. The Hall–Kier alpha value is -1.36. The van der Waals surface area contributed by atoms with Crippen molar-refractivity contribution in [3.05, 3.63) is 21.9 Å². The van der Waals surface area contributed by atoms with Gasteiger partial charge in [-0.15, -0.1) is 0 Å². The highest BCUT2D eigenvalue weighted by Gasteiger charge is 2.42. The summed E-state index contributed by atoms with van der Waals surface area (Å²) in [5.74, 6) is -1.19. The lowest BCUT2D eigenvalue weighted by Crippen LogP contribution is -2.52. The van der Waals surface area contributed by atoms with E-state index in [0.717, 1.165) is 18.4 Å². The highest BCUT2D eigenvalue weighted by molar-refractivity contribution is 7.08. The van der Waals surface area contributed by atoms with E-state index in [2.05, 4.69) is 5.32 Å². The van der Waals surface area contributed by atoms with Crippen LogP contribution >= 0.6 is 11.3 Å². The number of carbonyl (C=O) groups excluding carboxylic acids is 1. The van der Waals surface area contributed by atoms with Gasteiger partial charge in [0, 0.05) is 5.38 Å². The molecule has 1 aromatic rings. The second kappa shape index (κ2) is 4.49. The summed E-state index contributed by atoms with van der Waals surface area (Å²) in [5.41, 5.74) is 0.430. The van der Waals surface area contributed by atoms with Crippen LogP contribution in [0, 0.1) is 6.92 Å². The number of carboxylic acids is 1. The molecule has 0 unspecified atom stereocenters. The molecule has 4 nitrogen and oxygen atoms in total. The standard InChI is InChI=1S/C12H15NO3S/c1-8-6-17-7-9(8)10(14)13-12(11(15)16)4-2-3-5-12/h6-7H,2-5H2,1H3,(H,13,14)(H,15,16). The van der Waals surface area contributed by atoms with E-state index in [4.69, 9.17) is 0 Å². The summed E-state index contributed by atoms with van der Waals surface area (Å²) >= 11 is 1.45. The number of carboxylic acid groups (broad SMARTS) is 1. The quantitative estimate of drug-likeness (QED) is 0.867. The van der Waals surface area contributed by atoms with Crippen LogP contribution in [0.1, 0.15) is 41.6 Å². The summed E-state index contributed by atoms with van der Waals surface area (Å²) in [7, 11) is 0. The molecule has 1 fully saturated rings. The molecule has 0 atom stereocenters. The smallest absolute Gasteiger partial charge is 0.329 e.